The molecule has 0 bridgehead atoms. The van der Waals surface area contributed by atoms with Gasteiger partial charge in [-0.3, -0.25) is 14.9 Å². The number of hydrogen-bond donors (Lipinski definition) is 3. The first-order valence-corrected chi connectivity index (χ1v) is 11.3. The normalized spacial score (nSPS) is 11.6. The van der Waals surface area contributed by atoms with Gasteiger partial charge in [-0.25, -0.2) is 5.48 Å². The highest BCUT2D eigenvalue weighted by atomic mass is 16.5. The number of benzene rings is 2. The number of fused-ring (bicyclic) bond motifs is 1. The van der Waals surface area contributed by atoms with Crippen LogP contribution in [0.3, 0.4) is 0 Å². The lowest BCUT2D eigenvalue weighted by atomic mass is 10.1. The largest absolute Gasteiger partial charge is 0.379 e. The zero-order chi connectivity index (χ0) is 23.3. The van der Waals surface area contributed by atoms with Crippen molar-refractivity contribution in [2.75, 3.05) is 39.5 Å². The summed E-state index contributed by atoms with van der Waals surface area (Å²) in [4.78, 5) is 16.9. The fourth-order valence-corrected chi connectivity index (χ4v) is 3.65. The standard InChI is InChI=1S/C26H33N3O4/c1-2-32-17-18-33-16-15-29(14-13-23-19-27-25-6-4-3-5-24(23)25)20-22-9-7-21(8-10-22)11-12-26(30)28-31/h3-12,19,27,31H,2,13-18,20H2,1H3,(H,28,30). The lowest BCUT2D eigenvalue weighted by molar-refractivity contribution is -0.124. The Labute approximate surface area is 195 Å². The minimum atomic E-state index is -0.549. The van der Waals surface area contributed by atoms with Gasteiger partial charge in [0.2, 0.25) is 0 Å². The first kappa shape index (κ1) is 24.7. The third-order valence-electron chi connectivity index (χ3n) is 5.42. The van der Waals surface area contributed by atoms with Crippen molar-refractivity contribution in [1.29, 1.82) is 0 Å². The first-order chi connectivity index (χ1) is 16.2. The van der Waals surface area contributed by atoms with Gasteiger partial charge in [0.05, 0.1) is 19.8 Å². The highest BCUT2D eigenvalue weighted by molar-refractivity contribution is 5.90. The van der Waals surface area contributed by atoms with Gasteiger partial charge in [0, 0.05) is 49.4 Å². The van der Waals surface area contributed by atoms with Crippen molar-refractivity contribution in [3.8, 4) is 0 Å². The number of nitrogens with one attached hydrogen (secondary N) is 2. The summed E-state index contributed by atoms with van der Waals surface area (Å²) in [7, 11) is 0. The van der Waals surface area contributed by atoms with Crippen LogP contribution in [0.4, 0.5) is 0 Å². The van der Waals surface area contributed by atoms with E-state index in [9.17, 15) is 4.79 Å². The molecular formula is C26H33N3O4. The zero-order valence-electron chi connectivity index (χ0n) is 19.1. The monoisotopic (exact) mass is 451 g/mol. The number of para-hydroxylation sites is 1. The Balaban J connectivity index is 1.59. The molecule has 0 aliphatic carbocycles. The Hall–Kier alpha value is -2.97. The number of amides is 1. The Bertz CT molecular complexity index is 1010. The number of rotatable bonds is 14. The van der Waals surface area contributed by atoms with Gasteiger partial charge in [-0.1, -0.05) is 42.5 Å². The van der Waals surface area contributed by atoms with Crippen LogP contribution in [0, 0.1) is 0 Å². The predicted molar refractivity (Wildman–Crippen MR) is 130 cm³/mol. The van der Waals surface area contributed by atoms with Gasteiger partial charge in [-0.15, -0.1) is 0 Å². The molecular weight excluding hydrogens is 418 g/mol. The second-order valence-electron chi connectivity index (χ2n) is 7.75. The molecule has 0 aliphatic rings. The maximum absolute atomic E-state index is 11.2. The van der Waals surface area contributed by atoms with E-state index in [1.165, 1.54) is 22.6 Å². The van der Waals surface area contributed by atoms with E-state index < -0.39 is 5.91 Å². The smallest absolute Gasteiger partial charge is 0.267 e. The zero-order valence-corrected chi connectivity index (χ0v) is 19.1. The van der Waals surface area contributed by atoms with Crippen LogP contribution in [-0.2, 0) is 27.2 Å². The van der Waals surface area contributed by atoms with Crippen LogP contribution in [0.15, 0.2) is 60.8 Å². The molecule has 7 heteroatoms. The maximum Gasteiger partial charge on any atom is 0.267 e. The van der Waals surface area contributed by atoms with Crippen molar-refractivity contribution in [3.63, 3.8) is 0 Å². The number of ether oxygens (including phenoxy) is 2. The quantitative estimate of drug-likeness (QED) is 0.150. The second-order valence-corrected chi connectivity index (χ2v) is 7.75. The number of hydrogen-bond acceptors (Lipinski definition) is 5. The number of nitrogens with zero attached hydrogens (tertiary/aromatic N) is 1. The molecule has 3 N–H and O–H groups in total. The van der Waals surface area contributed by atoms with Gasteiger partial charge in [0.25, 0.3) is 5.91 Å². The molecule has 2 aromatic carbocycles. The summed E-state index contributed by atoms with van der Waals surface area (Å²) in [5.41, 5.74) is 6.15. The van der Waals surface area contributed by atoms with Crippen molar-refractivity contribution in [2.45, 2.75) is 19.9 Å². The van der Waals surface area contributed by atoms with Crippen LogP contribution in [0.2, 0.25) is 0 Å². The molecule has 3 rings (SSSR count). The average Bonchev–Trinajstić information content (AvgIpc) is 3.27. The number of aromatic amines is 1. The molecule has 0 saturated carbocycles. The number of carbonyl (C=O) groups excluding carboxylic acids is 1. The lowest BCUT2D eigenvalue weighted by Gasteiger charge is -2.22. The third-order valence-corrected chi connectivity index (χ3v) is 5.42. The first-order valence-electron chi connectivity index (χ1n) is 11.3. The van der Waals surface area contributed by atoms with Crippen LogP contribution in [0.1, 0.15) is 23.6 Å². The summed E-state index contributed by atoms with van der Waals surface area (Å²) in [5, 5.41) is 9.86. The van der Waals surface area contributed by atoms with Crippen molar-refractivity contribution in [2.24, 2.45) is 0 Å². The summed E-state index contributed by atoms with van der Waals surface area (Å²) in [6.07, 6.45) is 6.00. The lowest BCUT2D eigenvalue weighted by Crippen LogP contribution is -2.29. The van der Waals surface area contributed by atoms with Crippen molar-refractivity contribution in [1.82, 2.24) is 15.4 Å². The van der Waals surface area contributed by atoms with E-state index in [1.807, 2.05) is 25.1 Å². The fraction of sp³-hybridized carbons (Fsp3) is 0.346. The Kier molecular flexibility index (Phi) is 10.1. The maximum atomic E-state index is 11.2. The Morgan fingerprint density at radius 1 is 1.06 bits per heavy atom. The second kappa shape index (κ2) is 13.5. The van der Waals surface area contributed by atoms with E-state index in [0.29, 0.717) is 26.4 Å². The van der Waals surface area contributed by atoms with E-state index in [4.69, 9.17) is 14.7 Å². The van der Waals surface area contributed by atoms with Crippen LogP contribution >= 0.6 is 0 Å². The minimum Gasteiger partial charge on any atom is -0.379 e. The van der Waals surface area contributed by atoms with Crippen molar-refractivity contribution >= 4 is 22.9 Å². The highest BCUT2D eigenvalue weighted by Crippen LogP contribution is 2.19. The van der Waals surface area contributed by atoms with Crippen molar-refractivity contribution in [3.05, 3.63) is 77.5 Å². The molecule has 0 radical (unpaired) electrons. The van der Waals surface area contributed by atoms with E-state index >= 15 is 0 Å². The molecule has 0 atom stereocenters. The van der Waals surface area contributed by atoms with Gasteiger partial charge in [0.1, 0.15) is 0 Å². The van der Waals surface area contributed by atoms with Crippen LogP contribution < -0.4 is 5.48 Å². The van der Waals surface area contributed by atoms with E-state index in [-0.39, 0.29) is 0 Å². The molecule has 7 nitrogen and oxygen atoms in total. The molecule has 0 spiro atoms. The molecule has 1 heterocycles. The van der Waals surface area contributed by atoms with Gasteiger partial charge in [-0.2, -0.15) is 0 Å². The van der Waals surface area contributed by atoms with E-state index in [2.05, 4.69) is 46.4 Å². The van der Waals surface area contributed by atoms with Crippen molar-refractivity contribution < 1.29 is 19.5 Å². The highest BCUT2D eigenvalue weighted by Gasteiger charge is 2.09. The third kappa shape index (κ3) is 8.14. The molecule has 1 amide bonds. The Morgan fingerprint density at radius 2 is 1.85 bits per heavy atom. The summed E-state index contributed by atoms with van der Waals surface area (Å²) in [6.45, 7) is 7.10. The Morgan fingerprint density at radius 3 is 2.64 bits per heavy atom. The summed E-state index contributed by atoms with van der Waals surface area (Å²) in [6, 6.07) is 16.4. The molecule has 0 unspecified atom stereocenters. The molecule has 176 valence electrons. The van der Waals surface area contributed by atoms with Gasteiger partial charge in [-0.05, 0) is 42.2 Å². The number of carbonyl (C=O) groups is 1. The van der Waals surface area contributed by atoms with E-state index in [0.717, 1.165) is 37.1 Å². The molecule has 3 aromatic rings. The number of H-pyrrole nitrogens is 1. The summed E-state index contributed by atoms with van der Waals surface area (Å²) >= 11 is 0. The SMILES string of the molecule is CCOCCOCCN(CCc1c[nH]c2ccccc12)Cc1ccc(C=CC(=O)NO)cc1. The average molecular weight is 452 g/mol. The van der Waals surface area contributed by atoms with Crippen LogP contribution in [0.25, 0.3) is 17.0 Å². The molecule has 1 aromatic heterocycles. The van der Waals surface area contributed by atoms with Crippen LogP contribution in [0.5, 0.6) is 0 Å². The molecule has 33 heavy (non-hydrogen) atoms. The van der Waals surface area contributed by atoms with Gasteiger partial charge >= 0.3 is 0 Å². The number of aromatic nitrogens is 1. The molecule has 0 saturated heterocycles. The molecule has 0 fully saturated rings. The number of hydroxylamine groups is 1. The van der Waals surface area contributed by atoms with Gasteiger partial charge < -0.3 is 14.5 Å². The van der Waals surface area contributed by atoms with E-state index in [1.54, 1.807) is 11.6 Å². The minimum absolute atomic E-state index is 0.549. The van der Waals surface area contributed by atoms with Crippen LogP contribution in [-0.4, -0.2) is 60.5 Å². The predicted octanol–water partition coefficient (Wildman–Crippen LogP) is 3.78. The van der Waals surface area contributed by atoms with Gasteiger partial charge in [0.15, 0.2) is 0 Å². The fourth-order valence-electron chi connectivity index (χ4n) is 3.65. The topological polar surface area (TPSA) is 86.8 Å². The summed E-state index contributed by atoms with van der Waals surface area (Å²) < 4.78 is 11.1. The summed E-state index contributed by atoms with van der Waals surface area (Å²) in [5.74, 6) is -0.549. The molecule has 0 aliphatic heterocycles.